The summed E-state index contributed by atoms with van der Waals surface area (Å²) in [6.07, 6.45) is 5.04. The molecule has 4 nitrogen and oxygen atoms in total. The molecule has 0 spiro atoms. The first-order valence-corrected chi connectivity index (χ1v) is 4.22. The topological polar surface area (TPSA) is 55.4 Å². The SMILES string of the molecule is O=CC(=O)ONCC1CCCC1. The molecule has 1 saturated carbocycles. The smallest absolute Gasteiger partial charge is 0.365 e. The Labute approximate surface area is 71.2 Å². The Morgan fingerprint density at radius 2 is 2.17 bits per heavy atom. The molecule has 1 N–H and O–H groups in total. The lowest BCUT2D eigenvalue weighted by atomic mass is 10.1. The van der Waals surface area contributed by atoms with Crippen LogP contribution >= 0.6 is 0 Å². The number of nitrogens with one attached hydrogen (secondary N) is 1. The highest BCUT2D eigenvalue weighted by Crippen LogP contribution is 2.23. The van der Waals surface area contributed by atoms with Crippen molar-refractivity contribution >= 4 is 12.3 Å². The Balaban J connectivity index is 2.01. The van der Waals surface area contributed by atoms with E-state index >= 15 is 0 Å². The fourth-order valence-corrected chi connectivity index (χ4v) is 1.47. The number of hydrogen-bond donors (Lipinski definition) is 1. The van der Waals surface area contributed by atoms with Crippen LogP contribution in [-0.4, -0.2) is 18.8 Å². The lowest BCUT2D eigenvalue weighted by Gasteiger charge is -2.08. The number of hydroxylamine groups is 1. The number of hydrogen-bond acceptors (Lipinski definition) is 4. The van der Waals surface area contributed by atoms with E-state index in [1.54, 1.807) is 0 Å². The highest BCUT2D eigenvalue weighted by Gasteiger charge is 2.14. The lowest BCUT2D eigenvalue weighted by molar-refractivity contribution is -0.155. The van der Waals surface area contributed by atoms with Gasteiger partial charge in [0.1, 0.15) is 0 Å². The second-order valence-electron chi connectivity index (χ2n) is 3.04. The van der Waals surface area contributed by atoms with Crippen molar-refractivity contribution in [1.82, 2.24) is 5.48 Å². The van der Waals surface area contributed by atoms with Crippen molar-refractivity contribution in [2.75, 3.05) is 6.54 Å². The lowest BCUT2D eigenvalue weighted by Crippen LogP contribution is -2.25. The van der Waals surface area contributed by atoms with Crippen LogP contribution in [0.25, 0.3) is 0 Å². The Morgan fingerprint density at radius 1 is 1.50 bits per heavy atom. The molecule has 1 aliphatic carbocycles. The molecule has 0 heterocycles. The van der Waals surface area contributed by atoms with Crippen LogP contribution in [0.3, 0.4) is 0 Å². The Kier molecular flexibility index (Phi) is 3.73. The zero-order chi connectivity index (χ0) is 8.81. The summed E-state index contributed by atoms with van der Waals surface area (Å²) >= 11 is 0. The molecule has 1 aliphatic rings. The zero-order valence-corrected chi connectivity index (χ0v) is 6.91. The van der Waals surface area contributed by atoms with E-state index in [0.717, 1.165) is 0 Å². The van der Waals surface area contributed by atoms with Crippen molar-refractivity contribution in [1.29, 1.82) is 0 Å². The predicted molar refractivity (Wildman–Crippen MR) is 42.1 cm³/mol. The summed E-state index contributed by atoms with van der Waals surface area (Å²) in [5.74, 6) is -0.252. The second-order valence-corrected chi connectivity index (χ2v) is 3.04. The molecule has 12 heavy (non-hydrogen) atoms. The van der Waals surface area contributed by atoms with Crippen LogP contribution in [0.15, 0.2) is 0 Å². The molecule has 0 bridgehead atoms. The Hall–Kier alpha value is -0.900. The first kappa shape index (κ1) is 9.19. The van der Waals surface area contributed by atoms with Gasteiger partial charge < -0.3 is 4.84 Å². The zero-order valence-electron chi connectivity index (χ0n) is 6.91. The minimum Gasteiger partial charge on any atom is -0.365 e. The highest BCUT2D eigenvalue weighted by molar-refractivity contribution is 6.20. The molecule has 1 rings (SSSR count). The van der Waals surface area contributed by atoms with Gasteiger partial charge in [-0.2, -0.15) is 5.48 Å². The van der Waals surface area contributed by atoms with E-state index in [0.29, 0.717) is 12.5 Å². The maximum atomic E-state index is 10.3. The van der Waals surface area contributed by atoms with E-state index in [1.165, 1.54) is 25.7 Å². The van der Waals surface area contributed by atoms with E-state index in [2.05, 4.69) is 10.3 Å². The van der Waals surface area contributed by atoms with Gasteiger partial charge in [-0.25, -0.2) is 4.79 Å². The standard InChI is InChI=1S/C8H13NO3/c10-6-8(11)12-9-5-7-3-1-2-4-7/h6-7,9H,1-5H2. The molecule has 0 aromatic heterocycles. The minimum absolute atomic E-state index is 0.154. The van der Waals surface area contributed by atoms with Crippen LogP contribution in [0, 0.1) is 5.92 Å². The van der Waals surface area contributed by atoms with Crippen LogP contribution in [0.5, 0.6) is 0 Å². The van der Waals surface area contributed by atoms with Crippen LogP contribution < -0.4 is 5.48 Å². The van der Waals surface area contributed by atoms with E-state index in [1.807, 2.05) is 0 Å². The van der Waals surface area contributed by atoms with Gasteiger partial charge in [0.15, 0.2) is 0 Å². The molecule has 0 saturated heterocycles. The molecule has 0 aliphatic heterocycles. The van der Waals surface area contributed by atoms with E-state index in [4.69, 9.17) is 0 Å². The van der Waals surface area contributed by atoms with Gasteiger partial charge >= 0.3 is 5.97 Å². The van der Waals surface area contributed by atoms with Gasteiger partial charge in [0, 0.05) is 6.54 Å². The molecule has 68 valence electrons. The summed E-state index contributed by atoms with van der Waals surface area (Å²) in [6.45, 7) is 0.666. The first-order valence-electron chi connectivity index (χ1n) is 4.22. The van der Waals surface area contributed by atoms with Crippen molar-refractivity contribution in [2.24, 2.45) is 5.92 Å². The molecule has 0 unspecified atom stereocenters. The van der Waals surface area contributed by atoms with Gasteiger partial charge in [-0.1, -0.05) is 12.8 Å². The van der Waals surface area contributed by atoms with E-state index in [-0.39, 0.29) is 6.29 Å². The quantitative estimate of drug-likeness (QED) is 0.378. The molecule has 1 fully saturated rings. The van der Waals surface area contributed by atoms with Gasteiger partial charge in [0.2, 0.25) is 6.29 Å². The molecule has 4 heteroatoms. The summed E-state index contributed by atoms with van der Waals surface area (Å²) < 4.78 is 0. The summed E-state index contributed by atoms with van der Waals surface area (Å²) in [4.78, 5) is 24.5. The average molecular weight is 171 g/mol. The third-order valence-electron chi connectivity index (χ3n) is 2.12. The fraction of sp³-hybridized carbons (Fsp3) is 0.750. The van der Waals surface area contributed by atoms with Crippen LogP contribution in [-0.2, 0) is 14.4 Å². The van der Waals surface area contributed by atoms with Crippen molar-refractivity contribution in [3.63, 3.8) is 0 Å². The van der Waals surface area contributed by atoms with Gasteiger partial charge in [-0.05, 0) is 18.8 Å². The van der Waals surface area contributed by atoms with Gasteiger partial charge in [-0.3, -0.25) is 4.79 Å². The molecular weight excluding hydrogens is 158 g/mol. The third-order valence-corrected chi connectivity index (χ3v) is 2.12. The van der Waals surface area contributed by atoms with Gasteiger partial charge in [0.25, 0.3) is 0 Å². The molecular formula is C8H13NO3. The Morgan fingerprint density at radius 3 is 2.75 bits per heavy atom. The first-order chi connectivity index (χ1) is 5.83. The average Bonchev–Trinajstić information content (AvgIpc) is 2.57. The van der Waals surface area contributed by atoms with Crippen molar-refractivity contribution < 1.29 is 14.4 Å². The van der Waals surface area contributed by atoms with Crippen molar-refractivity contribution in [3.05, 3.63) is 0 Å². The van der Waals surface area contributed by atoms with Crippen LogP contribution in [0.4, 0.5) is 0 Å². The number of aldehydes is 1. The molecule has 0 aromatic carbocycles. The Bertz CT molecular complexity index is 164. The molecule has 0 amide bonds. The van der Waals surface area contributed by atoms with Crippen LogP contribution in [0.1, 0.15) is 25.7 Å². The monoisotopic (exact) mass is 171 g/mol. The summed E-state index contributed by atoms with van der Waals surface area (Å²) in [6, 6.07) is 0. The second kappa shape index (κ2) is 4.87. The summed E-state index contributed by atoms with van der Waals surface area (Å²) in [7, 11) is 0. The number of rotatable bonds is 4. The number of carbonyl (C=O) groups is 2. The predicted octanol–water partition coefficient (Wildman–Crippen LogP) is 0.423. The largest absolute Gasteiger partial charge is 0.389 e. The van der Waals surface area contributed by atoms with Gasteiger partial charge in [0.05, 0.1) is 0 Å². The maximum absolute atomic E-state index is 10.3. The third kappa shape index (κ3) is 3.00. The highest BCUT2D eigenvalue weighted by atomic mass is 16.7. The normalized spacial score (nSPS) is 17.7. The molecule has 0 atom stereocenters. The summed E-state index contributed by atoms with van der Waals surface area (Å²) in [5.41, 5.74) is 2.50. The fourth-order valence-electron chi connectivity index (χ4n) is 1.47. The maximum Gasteiger partial charge on any atom is 0.389 e. The molecule has 0 aromatic rings. The van der Waals surface area contributed by atoms with Gasteiger partial charge in [-0.15, -0.1) is 0 Å². The van der Waals surface area contributed by atoms with E-state index < -0.39 is 5.97 Å². The van der Waals surface area contributed by atoms with Crippen LogP contribution in [0.2, 0.25) is 0 Å². The van der Waals surface area contributed by atoms with E-state index in [9.17, 15) is 9.59 Å². The van der Waals surface area contributed by atoms with Crippen molar-refractivity contribution in [2.45, 2.75) is 25.7 Å². The molecule has 0 radical (unpaired) electrons. The summed E-state index contributed by atoms with van der Waals surface area (Å²) in [5, 5.41) is 0. The minimum atomic E-state index is -0.854. The van der Waals surface area contributed by atoms with Crippen molar-refractivity contribution in [3.8, 4) is 0 Å². The number of carbonyl (C=O) groups excluding carboxylic acids is 2.